The first-order valence-electron chi connectivity index (χ1n) is 10.2. The Bertz CT molecular complexity index is 1370. The van der Waals surface area contributed by atoms with Crippen LogP contribution in [0.3, 0.4) is 0 Å². The Hall–Kier alpha value is -3.82. The number of carbonyl (C=O) groups is 3. The summed E-state index contributed by atoms with van der Waals surface area (Å²) in [5.74, 6) is -1.78. The fraction of sp³-hybridized carbons (Fsp3) is 0.0833. The summed E-state index contributed by atoms with van der Waals surface area (Å²) in [5.41, 5.74) is 13.7. The van der Waals surface area contributed by atoms with Gasteiger partial charge in [-0.2, -0.15) is 0 Å². The number of rotatable bonds is 8. The number of nitrogens with two attached hydrogens (primary N) is 2. The van der Waals surface area contributed by atoms with Crippen LogP contribution in [0.4, 0.5) is 5.69 Å². The van der Waals surface area contributed by atoms with E-state index in [9.17, 15) is 14.4 Å². The van der Waals surface area contributed by atoms with E-state index < -0.39 is 11.8 Å². The first kappa shape index (κ1) is 23.3. The van der Waals surface area contributed by atoms with Crippen molar-refractivity contribution in [2.75, 3.05) is 11.1 Å². The van der Waals surface area contributed by atoms with Gasteiger partial charge in [-0.15, -0.1) is 0 Å². The lowest BCUT2D eigenvalue weighted by atomic mass is 10.1. The third kappa shape index (κ3) is 5.38. The number of imidazole rings is 1. The highest BCUT2D eigenvalue weighted by Crippen LogP contribution is 2.27. The van der Waals surface area contributed by atoms with E-state index in [-0.39, 0.29) is 28.5 Å². The van der Waals surface area contributed by atoms with Crippen molar-refractivity contribution >= 4 is 57.8 Å². The van der Waals surface area contributed by atoms with E-state index in [4.69, 9.17) is 23.1 Å². The average Bonchev–Trinajstić information content (AvgIpc) is 3.14. The van der Waals surface area contributed by atoms with Gasteiger partial charge in [0.2, 0.25) is 17.7 Å². The second-order valence-corrected chi connectivity index (χ2v) is 8.84. The molecule has 3 aromatic carbocycles. The minimum Gasteiger partial charge on any atom is -0.366 e. The summed E-state index contributed by atoms with van der Waals surface area (Å²) in [6.45, 7) is 0.575. The van der Waals surface area contributed by atoms with Gasteiger partial charge in [0, 0.05) is 21.8 Å². The van der Waals surface area contributed by atoms with E-state index in [0.29, 0.717) is 16.7 Å². The molecular formula is C24H20ClN5O3S. The molecule has 0 spiro atoms. The fourth-order valence-corrected chi connectivity index (χ4v) is 4.40. The maximum absolute atomic E-state index is 12.7. The maximum Gasteiger partial charge on any atom is 0.248 e. The van der Waals surface area contributed by atoms with E-state index in [1.807, 2.05) is 41.0 Å². The fourth-order valence-electron chi connectivity index (χ4n) is 3.42. The van der Waals surface area contributed by atoms with Crippen LogP contribution in [-0.2, 0) is 11.3 Å². The van der Waals surface area contributed by atoms with Crippen LogP contribution >= 0.6 is 23.4 Å². The molecule has 4 aromatic rings. The van der Waals surface area contributed by atoms with Gasteiger partial charge in [-0.1, -0.05) is 53.7 Å². The number of fused-ring (bicyclic) bond motifs is 1. The summed E-state index contributed by atoms with van der Waals surface area (Å²) in [5, 5.41) is 3.91. The number of aromatic nitrogens is 2. The van der Waals surface area contributed by atoms with E-state index in [1.165, 1.54) is 30.0 Å². The van der Waals surface area contributed by atoms with Gasteiger partial charge in [-0.05, 0) is 42.0 Å². The van der Waals surface area contributed by atoms with E-state index in [2.05, 4.69) is 10.3 Å². The van der Waals surface area contributed by atoms with Crippen LogP contribution in [0.2, 0.25) is 5.02 Å². The predicted molar refractivity (Wildman–Crippen MR) is 133 cm³/mol. The highest BCUT2D eigenvalue weighted by molar-refractivity contribution is 7.99. The van der Waals surface area contributed by atoms with Crippen LogP contribution in [0, 0.1) is 0 Å². The molecule has 1 heterocycles. The van der Waals surface area contributed by atoms with Gasteiger partial charge in [-0.25, -0.2) is 4.98 Å². The summed E-state index contributed by atoms with van der Waals surface area (Å²) in [6, 6.07) is 19.5. The molecule has 0 saturated heterocycles. The van der Waals surface area contributed by atoms with Crippen molar-refractivity contribution in [2.24, 2.45) is 11.5 Å². The first-order chi connectivity index (χ1) is 16.3. The molecule has 172 valence electrons. The van der Waals surface area contributed by atoms with Gasteiger partial charge in [0.05, 0.1) is 23.3 Å². The molecule has 4 rings (SSSR count). The molecule has 0 fully saturated rings. The monoisotopic (exact) mass is 493 g/mol. The van der Waals surface area contributed by atoms with Crippen molar-refractivity contribution in [2.45, 2.75) is 11.7 Å². The van der Waals surface area contributed by atoms with Crippen molar-refractivity contribution in [3.8, 4) is 0 Å². The Labute approximate surface area is 204 Å². The minimum absolute atomic E-state index is 0.0402. The lowest BCUT2D eigenvalue weighted by Gasteiger charge is -2.10. The quantitative estimate of drug-likeness (QED) is 0.322. The number of hydrogen-bond acceptors (Lipinski definition) is 5. The molecule has 0 atom stereocenters. The highest BCUT2D eigenvalue weighted by Gasteiger charge is 2.15. The molecular weight excluding hydrogens is 474 g/mol. The zero-order valence-corrected chi connectivity index (χ0v) is 19.4. The normalized spacial score (nSPS) is 10.9. The molecule has 34 heavy (non-hydrogen) atoms. The summed E-state index contributed by atoms with van der Waals surface area (Å²) >= 11 is 7.40. The standard InChI is InChI=1S/C24H20ClN5O3S/c25-17-6-7-20-19(11-17)29-24(30(20)12-14-4-2-1-3-5-14)34-13-21(31)28-18-9-15(22(26)32)8-16(10-18)23(27)33/h1-11H,12-13H2,(H2,26,32)(H2,27,33)(H,28,31). The topological polar surface area (TPSA) is 133 Å². The molecule has 0 radical (unpaired) electrons. The van der Waals surface area contributed by atoms with Gasteiger partial charge in [0.1, 0.15) is 0 Å². The van der Waals surface area contributed by atoms with Gasteiger partial charge in [0.15, 0.2) is 5.16 Å². The first-order valence-corrected chi connectivity index (χ1v) is 11.5. The molecule has 5 N–H and O–H groups in total. The summed E-state index contributed by atoms with van der Waals surface area (Å²) < 4.78 is 2.03. The molecule has 0 aliphatic carbocycles. The van der Waals surface area contributed by atoms with E-state index in [1.54, 1.807) is 12.1 Å². The number of carbonyl (C=O) groups excluding carboxylic acids is 3. The molecule has 1 aromatic heterocycles. The summed E-state index contributed by atoms with van der Waals surface area (Å²) in [7, 11) is 0. The van der Waals surface area contributed by atoms with Crippen molar-refractivity contribution in [1.82, 2.24) is 9.55 Å². The molecule has 8 nitrogen and oxygen atoms in total. The number of amides is 3. The third-order valence-corrected chi connectivity index (χ3v) is 6.19. The number of hydrogen-bond donors (Lipinski definition) is 3. The molecule has 10 heteroatoms. The zero-order chi connectivity index (χ0) is 24.2. The number of nitrogens with zero attached hydrogens (tertiary/aromatic N) is 2. The molecule has 0 bridgehead atoms. The van der Waals surface area contributed by atoms with Gasteiger partial charge >= 0.3 is 0 Å². The van der Waals surface area contributed by atoms with Crippen LogP contribution in [0.25, 0.3) is 11.0 Å². The lowest BCUT2D eigenvalue weighted by molar-refractivity contribution is -0.113. The zero-order valence-electron chi connectivity index (χ0n) is 17.8. The number of primary amides is 2. The second kappa shape index (κ2) is 9.98. The Morgan fingerprint density at radius 3 is 2.26 bits per heavy atom. The van der Waals surface area contributed by atoms with Crippen LogP contribution in [0.1, 0.15) is 26.3 Å². The molecule has 0 unspecified atom stereocenters. The van der Waals surface area contributed by atoms with Crippen LogP contribution in [0.5, 0.6) is 0 Å². The molecule has 0 saturated carbocycles. The molecule has 0 aliphatic heterocycles. The van der Waals surface area contributed by atoms with Crippen LogP contribution in [-0.4, -0.2) is 33.0 Å². The molecule has 0 aliphatic rings. The number of thioether (sulfide) groups is 1. The smallest absolute Gasteiger partial charge is 0.248 e. The number of anilines is 1. The van der Waals surface area contributed by atoms with E-state index in [0.717, 1.165) is 16.6 Å². The Balaban J connectivity index is 1.55. The second-order valence-electron chi connectivity index (χ2n) is 7.46. The maximum atomic E-state index is 12.7. The van der Waals surface area contributed by atoms with Gasteiger partial charge < -0.3 is 21.4 Å². The largest absolute Gasteiger partial charge is 0.366 e. The average molecular weight is 494 g/mol. The number of nitrogens with one attached hydrogen (secondary N) is 1. The summed E-state index contributed by atoms with van der Waals surface area (Å²) in [4.78, 5) is 40.4. The number of halogens is 1. The predicted octanol–water partition coefficient (Wildman–Crippen LogP) is 3.67. The summed E-state index contributed by atoms with van der Waals surface area (Å²) in [6.07, 6.45) is 0. The Morgan fingerprint density at radius 1 is 0.941 bits per heavy atom. The van der Waals surface area contributed by atoms with Crippen LogP contribution in [0.15, 0.2) is 71.9 Å². The van der Waals surface area contributed by atoms with Crippen molar-refractivity contribution in [3.63, 3.8) is 0 Å². The van der Waals surface area contributed by atoms with Gasteiger partial charge in [-0.3, -0.25) is 14.4 Å². The van der Waals surface area contributed by atoms with Crippen LogP contribution < -0.4 is 16.8 Å². The van der Waals surface area contributed by atoms with Gasteiger partial charge in [0.25, 0.3) is 0 Å². The van der Waals surface area contributed by atoms with Crippen molar-refractivity contribution < 1.29 is 14.4 Å². The third-order valence-electron chi connectivity index (χ3n) is 4.98. The van der Waals surface area contributed by atoms with Crippen molar-refractivity contribution in [1.29, 1.82) is 0 Å². The lowest BCUT2D eigenvalue weighted by Crippen LogP contribution is -2.19. The SMILES string of the molecule is NC(=O)c1cc(NC(=O)CSc2nc3cc(Cl)ccc3n2Cc2ccccc2)cc(C(N)=O)c1. The minimum atomic E-state index is -0.735. The highest BCUT2D eigenvalue weighted by atomic mass is 35.5. The molecule has 3 amide bonds. The Morgan fingerprint density at radius 2 is 1.62 bits per heavy atom. The van der Waals surface area contributed by atoms with E-state index >= 15 is 0 Å². The Kier molecular flexibility index (Phi) is 6.85. The van der Waals surface area contributed by atoms with Crippen molar-refractivity contribution in [3.05, 3.63) is 88.4 Å². The number of benzene rings is 3.